The summed E-state index contributed by atoms with van der Waals surface area (Å²) in [5, 5.41) is 3.00. The van der Waals surface area contributed by atoms with Gasteiger partial charge in [0.1, 0.15) is 5.82 Å². The number of sulfonamides is 1. The monoisotopic (exact) mass is 440 g/mol. The Morgan fingerprint density at radius 2 is 1.55 bits per heavy atom. The molecule has 0 aliphatic rings. The van der Waals surface area contributed by atoms with Gasteiger partial charge in [-0.15, -0.1) is 0 Å². The van der Waals surface area contributed by atoms with Gasteiger partial charge in [-0.3, -0.25) is 9.52 Å². The van der Waals surface area contributed by atoms with Gasteiger partial charge in [-0.2, -0.15) is 0 Å². The molecule has 31 heavy (non-hydrogen) atoms. The predicted molar refractivity (Wildman–Crippen MR) is 120 cm³/mol. The second-order valence-electron chi connectivity index (χ2n) is 7.43. The van der Waals surface area contributed by atoms with Gasteiger partial charge in [0, 0.05) is 11.7 Å². The average molecular weight is 441 g/mol. The van der Waals surface area contributed by atoms with E-state index in [1.165, 1.54) is 17.7 Å². The number of rotatable bonds is 9. The Morgan fingerprint density at radius 3 is 2.19 bits per heavy atom. The molecule has 3 aromatic rings. The fraction of sp³-hybridized carbons (Fsp3) is 0.208. The predicted octanol–water partition coefficient (Wildman–Crippen LogP) is 4.31. The number of carbonyl (C=O) groups excluding carboxylic acids is 1. The number of aryl methyl sites for hydroxylation is 1. The fourth-order valence-electron chi connectivity index (χ4n) is 3.13. The van der Waals surface area contributed by atoms with E-state index in [0.29, 0.717) is 5.69 Å². The lowest BCUT2D eigenvalue weighted by molar-refractivity contribution is -0.121. The van der Waals surface area contributed by atoms with Crippen molar-refractivity contribution in [1.82, 2.24) is 5.32 Å². The van der Waals surface area contributed by atoms with E-state index in [1.54, 1.807) is 24.3 Å². The Hall–Kier alpha value is -3.19. The third kappa shape index (κ3) is 6.93. The molecule has 0 saturated heterocycles. The van der Waals surface area contributed by atoms with Crippen molar-refractivity contribution in [3.8, 4) is 0 Å². The van der Waals surface area contributed by atoms with Crippen molar-refractivity contribution in [3.63, 3.8) is 0 Å². The van der Waals surface area contributed by atoms with Crippen molar-refractivity contribution in [2.24, 2.45) is 0 Å². The maximum absolute atomic E-state index is 13.0. The van der Waals surface area contributed by atoms with Gasteiger partial charge in [0.25, 0.3) is 10.0 Å². The second kappa shape index (κ2) is 10.2. The molecule has 0 aliphatic heterocycles. The van der Waals surface area contributed by atoms with Crippen LogP contribution in [0.4, 0.5) is 10.1 Å². The first-order valence-electron chi connectivity index (χ1n) is 10.0. The van der Waals surface area contributed by atoms with Gasteiger partial charge in [0.15, 0.2) is 0 Å². The van der Waals surface area contributed by atoms with Gasteiger partial charge < -0.3 is 5.32 Å². The number of hydrogen-bond donors (Lipinski definition) is 2. The molecule has 1 atom stereocenters. The van der Waals surface area contributed by atoms with Crippen LogP contribution in [-0.2, 0) is 27.7 Å². The first-order valence-corrected chi connectivity index (χ1v) is 11.5. The van der Waals surface area contributed by atoms with E-state index in [-0.39, 0.29) is 23.3 Å². The van der Waals surface area contributed by atoms with Crippen LogP contribution in [0.3, 0.4) is 0 Å². The van der Waals surface area contributed by atoms with E-state index < -0.39 is 15.8 Å². The summed E-state index contributed by atoms with van der Waals surface area (Å²) in [5.41, 5.74) is 2.38. The molecule has 0 radical (unpaired) electrons. The molecule has 0 aliphatic carbocycles. The fourth-order valence-corrected chi connectivity index (χ4v) is 4.19. The highest BCUT2D eigenvalue weighted by atomic mass is 32.2. The second-order valence-corrected chi connectivity index (χ2v) is 9.11. The summed E-state index contributed by atoms with van der Waals surface area (Å²) in [6.07, 6.45) is 1.95. The molecule has 0 aromatic heterocycles. The lowest BCUT2D eigenvalue weighted by Crippen LogP contribution is -2.34. The van der Waals surface area contributed by atoms with Crippen LogP contribution in [0.5, 0.6) is 0 Å². The molecular formula is C24H25FN2O3S. The first kappa shape index (κ1) is 22.5. The number of halogens is 1. The summed E-state index contributed by atoms with van der Waals surface area (Å²) in [6.45, 7) is 1.98. The molecule has 7 heteroatoms. The summed E-state index contributed by atoms with van der Waals surface area (Å²) in [4.78, 5) is 12.3. The SMILES string of the molecule is CC(CCc1ccccc1)NC(=O)Cc1ccc(NS(=O)(=O)c2ccc(F)cc2)cc1. The molecule has 1 amide bonds. The zero-order valence-corrected chi connectivity index (χ0v) is 18.0. The molecule has 1 unspecified atom stereocenters. The van der Waals surface area contributed by atoms with Crippen molar-refractivity contribution >= 4 is 21.6 Å². The molecule has 0 saturated carbocycles. The molecule has 162 valence electrons. The van der Waals surface area contributed by atoms with E-state index in [0.717, 1.165) is 30.5 Å². The molecule has 3 rings (SSSR count). The molecular weight excluding hydrogens is 415 g/mol. The highest BCUT2D eigenvalue weighted by Gasteiger charge is 2.14. The Morgan fingerprint density at radius 1 is 0.903 bits per heavy atom. The highest BCUT2D eigenvalue weighted by molar-refractivity contribution is 7.92. The van der Waals surface area contributed by atoms with Crippen molar-refractivity contribution in [3.05, 3.63) is 95.8 Å². The standard InChI is InChI=1S/C24H25FN2O3S/c1-18(7-8-19-5-3-2-4-6-19)26-24(28)17-20-9-13-22(14-10-20)27-31(29,30)23-15-11-21(25)12-16-23/h2-6,9-16,18,27H,7-8,17H2,1H3,(H,26,28). The zero-order valence-electron chi connectivity index (χ0n) is 17.2. The van der Waals surface area contributed by atoms with Gasteiger partial charge in [-0.25, -0.2) is 12.8 Å². The Balaban J connectivity index is 1.50. The molecule has 0 bridgehead atoms. The minimum atomic E-state index is -3.81. The van der Waals surface area contributed by atoms with Crippen LogP contribution in [0, 0.1) is 5.82 Å². The maximum Gasteiger partial charge on any atom is 0.261 e. The number of nitrogens with one attached hydrogen (secondary N) is 2. The first-order chi connectivity index (χ1) is 14.8. The third-order valence-electron chi connectivity index (χ3n) is 4.81. The van der Waals surface area contributed by atoms with Crippen LogP contribution in [0.15, 0.2) is 83.8 Å². The van der Waals surface area contributed by atoms with Gasteiger partial charge in [-0.1, -0.05) is 42.5 Å². The van der Waals surface area contributed by atoms with E-state index in [9.17, 15) is 17.6 Å². The van der Waals surface area contributed by atoms with Crippen LogP contribution in [0.25, 0.3) is 0 Å². The summed E-state index contributed by atoms with van der Waals surface area (Å²) >= 11 is 0. The van der Waals surface area contributed by atoms with E-state index >= 15 is 0 Å². The molecule has 5 nitrogen and oxygen atoms in total. The summed E-state index contributed by atoms with van der Waals surface area (Å²) in [5.74, 6) is -0.587. The highest BCUT2D eigenvalue weighted by Crippen LogP contribution is 2.17. The molecule has 0 spiro atoms. The van der Waals surface area contributed by atoms with Gasteiger partial charge in [-0.05, 0) is 67.3 Å². The van der Waals surface area contributed by atoms with Crippen LogP contribution >= 0.6 is 0 Å². The lowest BCUT2D eigenvalue weighted by atomic mass is 10.1. The Kier molecular flexibility index (Phi) is 7.41. The topological polar surface area (TPSA) is 75.3 Å². The molecule has 0 fully saturated rings. The van der Waals surface area contributed by atoms with Gasteiger partial charge >= 0.3 is 0 Å². The Labute approximate surface area is 182 Å². The van der Waals surface area contributed by atoms with Crippen LogP contribution < -0.4 is 10.0 Å². The third-order valence-corrected chi connectivity index (χ3v) is 6.21. The van der Waals surface area contributed by atoms with Crippen LogP contribution in [-0.4, -0.2) is 20.4 Å². The summed E-state index contributed by atoms with van der Waals surface area (Å²) in [6, 6.07) is 21.4. The van der Waals surface area contributed by atoms with Crippen molar-refractivity contribution < 1.29 is 17.6 Å². The van der Waals surface area contributed by atoms with Gasteiger partial charge in [0.05, 0.1) is 11.3 Å². The summed E-state index contributed by atoms with van der Waals surface area (Å²) < 4.78 is 40.2. The van der Waals surface area contributed by atoms with Crippen LogP contribution in [0.2, 0.25) is 0 Å². The van der Waals surface area contributed by atoms with Crippen molar-refractivity contribution in [2.75, 3.05) is 4.72 Å². The number of amides is 1. The summed E-state index contributed by atoms with van der Waals surface area (Å²) in [7, 11) is -3.81. The van der Waals surface area contributed by atoms with Crippen molar-refractivity contribution in [1.29, 1.82) is 0 Å². The van der Waals surface area contributed by atoms with E-state index in [4.69, 9.17) is 0 Å². The zero-order chi connectivity index (χ0) is 22.3. The largest absolute Gasteiger partial charge is 0.353 e. The van der Waals surface area contributed by atoms with E-state index in [1.807, 2.05) is 25.1 Å². The maximum atomic E-state index is 13.0. The van der Waals surface area contributed by atoms with E-state index in [2.05, 4.69) is 22.2 Å². The lowest BCUT2D eigenvalue weighted by Gasteiger charge is -2.14. The minimum absolute atomic E-state index is 0.0261. The quantitative estimate of drug-likeness (QED) is 0.521. The van der Waals surface area contributed by atoms with Crippen LogP contribution in [0.1, 0.15) is 24.5 Å². The minimum Gasteiger partial charge on any atom is -0.353 e. The normalized spacial score (nSPS) is 12.2. The number of carbonyl (C=O) groups is 1. The van der Waals surface area contributed by atoms with Gasteiger partial charge in [0.2, 0.25) is 5.91 Å². The average Bonchev–Trinajstić information content (AvgIpc) is 2.74. The number of anilines is 1. The molecule has 0 heterocycles. The number of hydrogen-bond acceptors (Lipinski definition) is 3. The molecule has 2 N–H and O–H groups in total. The molecule has 3 aromatic carbocycles. The Bertz CT molecular complexity index is 1100. The smallest absolute Gasteiger partial charge is 0.261 e. The van der Waals surface area contributed by atoms with Crippen molar-refractivity contribution in [2.45, 2.75) is 37.1 Å². The number of benzene rings is 3.